The number of fused-ring (bicyclic) bond motifs is 24. The minimum absolute atomic E-state index is 0. The summed E-state index contributed by atoms with van der Waals surface area (Å²) in [5, 5.41) is 7.10. The molecule has 0 aliphatic carbocycles. The van der Waals surface area contributed by atoms with Gasteiger partial charge < -0.3 is 29.4 Å². The molecule has 7 heteroatoms. The fourth-order valence-electron chi connectivity index (χ4n) is 11.4. The van der Waals surface area contributed by atoms with Crippen molar-refractivity contribution in [2.75, 3.05) is 29.4 Å². The number of anilines is 6. The number of hydrogen-bond donors (Lipinski definition) is 0. The molecule has 6 nitrogen and oxygen atoms in total. The summed E-state index contributed by atoms with van der Waals surface area (Å²) >= 11 is 0. The van der Waals surface area contributed by atoms with Crippen LogP contribution in [0.15, 0.2) is 164 Å². The summed E-state index contributed by atoms with van der Waals surface area (Å²) < 4.78 is 0. The van der Waals surface area contributed by atoms with Crippen LogP contribution in [0.5, 0.6) is 0 Å². The van der Waals surface area contributed by atoms with Crippen LogP contribution in [0.2, 0.25) is 0 Å². The van der Waals surface area contributed by atoms with E-state index < -0.39 is 0 Å². The molecule has 62 heavy (non-hydrogen) atoms. The molecule has 299 valence electrons. The summed E-state index contributed by atoms with van der Waals surface area (Å²) in [6, 6.07) is 73.4. The van der Waals surface area contributed by atoms with Gasteiger partial charge in [0.15, 0.2) is 0 Å². The summed E-state index contributed by atoms with van der Waals surface area (Å²) in [6.07, 6.45) is -0.894. The van der Waals surface area contributed by atoms with Crippen LogP contribution in [0.25, 0.3) is 32.3 Å². The van der Waals surface area contributed by atoms with Crippen LogP contribution in [-0.2, 0) is 20.1 Å². The van der Waals surface area contributed by atoms with Crippen molar-refractivity contribution in [2.24, 2.45) is 0 Å². The molecule has 1 radical (unpaired) electrons. The molecule has 6 heterocycles. The van der Waals surface area contributed by atoms with Crippen LogP contribution < -0.4 is 29.4 Å². The summed E-state index contributed by atoms with van der Waals surface area (Å²) in [5.74, 6) is -0.267. The van der Waals surface area contributed by atoms with Gasteiger partial charge in [-0.15, -0.1) is 83.9 Å². The van der Waals surface area contributed by atoms with Crippen molar-refractivity contribution in [1.82, 2.24) is 0 Å². The first kappa shape index (κ1) is 34.9. The second-order valence-electron chi connectivity index (χ2n) is 17.0. The zero-order chi connectivity index (χ0) is 39.5. The first-order chi connectivity index (χ1) is 30.2. The van der Waals surface area contributed by atoms with E-state index in [-0.39, 0.29) is 44.5 Å². The van der Waals surface area contributed by atoms with Gasteiger partial charge in [0.05, 0.1) is 18.5 Å². The maximum Gasteiger partial charge on any atom is 0.0526 e. The summed E-state index contributed by atoms with van der Waals surface area (Å²) in [7, 11) is 0. The topological polar surface area (TPSA) is 19.4 Å². The molecule has 0 amide bonds. The Bertz CT molecular complexity index is 2920. The third kappa shape index (κ3) is 4.52. The maximum atomic E-state index is 4.27. The van der Waals surface area contributed by atoms with Crippen molar-refractivity contribution in [3.05, 3.63) is 235 Å². The molecule has 6 aliphatic rings. The summed E-state index contributed by atoms with van der Waals surface area (Å²) in [4.78, 5) is 14.9. The Morgan fingerprint density at radius 3 is 0.839 bits per heavy atom. The third-order valence-electron chi connectivity index (χ3n) is 13.9. The van der Waals surface area contributed by atoms with E-state index in [1.165, 1.54) is 32.3 Å². The first-order valence-electron chi connectivity index (χ1n) is 21.1. The minimum Gasteiger partial charge on any atom is -0.483 e. The van der Waals surface area contributed by atoms with Crippen molar-refractivity contribution >= 4 is 66.4 Å². The zero-order valence-corrected chi connectivity index (χ0v) is 35.5. The Labute approximate surface area is 373 Å². The van der Waals surface area contributed by atoms with Crippen molar-refractivity contribution < 1.29 is 20.1 Å². The molecule has 0 fully saturated rings. The van der Waals surface area contributed by atoms with E-state index in [4.69, 9.17) is 0 Å². The Morgan fingerprint density at radius 2 is 0.565 bits per heavy atom. The van der Waals surface area contributed by atoms with Gasteiger partial charge in [-0.05, 0) is 42.3 Å². The molecule has 16 bridgehead atoms. The minimum atomic E-state index is -0.298. The average Bonchev–Trinajstić information content (AvgIpc) is 3.99. The molecule has 0 N–H and O–H groups in total. The van der Waals surface area contributed by atoms with Crippen LogP contribution in [-0.4, -0.2) is 0 Å². The first-order valence-corrected chi connectivity index (χ1v) is 21.1. The molecule has 15 rings (SSSR count). The molecule has 6 aliphatic heterocycles. The van der Waals surface area contributed by atoms with Crippen LogP contribution >= 0.6 is 0 Å². The summed E-state index contributed by atoms with van der Waals surface area (Å²) in [6.45, 7) is 7.08. The van der Waals surface area contributed by atoms with Crippen LogP contribution in [0.4, 0.5) is 34.1 Å². The Morgan fingerprint density at radius 1 is 0.323 bits per heavy atom. The largest absolute Gasteiger partial charge is 0.483 e. The predicted octanol–water partition coefficient (Wildman–Crippen LogP) is 12.1. The van der Waals surface area contributed by atoms with Gasteiger partial charge in [-0.2, -0.15) is 56.4 Å². The van der Waals surface area contributed by atoms with E-state index in [1.807, 2.05) is 0 Å². The van der Waals surface area contributed by atoms with Gasteiger partial charge >= 0.3 is 0 Å². The van der Waals surface area contributed by atoms with Crippen molar-refractivity contribution in [1.29, 1.82) is 0 Å². The van der Waals surface area contributed by atoms with Gasteiger partial charge in [0.25, 0.3) is 0 Å². The van der Waals surface area contributed by atoms with Crippen molar-refractivity contribution in [3.8, 4) is 0 Å². The van der Waals surface area contributed by atoms with E-state index in [0.29, 0.717) is 0 Å². The van der Waals surface area contributed by atoms with Gasteiger partial charge in [0.1, 0.15) is 0 Å². The fourth-order valence-corrected chi connectivity index (χ4v) is 11.4. The molecule has 9 aromatic rings. The van der Waals surface area contributed by atoms with Crippen LogP contribution in [0.3, 0.4) is 0 Å². The van der Waals surface area contributed by atoms with Gasteiger partial charge in [-0.1, -0.05) is 91.0 Å². The van der Waals surface area contributed by atoms with E-state index >= 15 is 0 Å². The number of hydrogen-bond acceptors (Lipinski definition) is 6. The van der Waals surface area contributed by atoms with E-state index in [2.05, 4.69) is 231 Å². The van der Waals surface area contributed by atoms with Gasteiger partial charge in [-0.25, -0.2) is 0 Å². The molecular formula is C55H34IrN6-6. The van der Waals surface area contributed by atoms with E-state index in [1.54, 1.807) is 0 Å². The second-order valence-corrected chi connectivity index (χ2v) is 17.0. The molecule has 9 aromatic carbocycles. The summed E-state index contributed by atoms with van der Waals surface area (Å²) in [5.41, 5.74) is 13.5. The number of nitrogens with zero attached hydrogens (tertiary/aromatic N) is 6. The normalized spacial score (nSPS) is 20.7. The monoisotopic (exact) mass is 971 g/mol. The predicted molar refractivity (Wildman–Crippen MR) is 245 cm³/mol. The number of benzene rings is 9. The van der Waals surface area contributed by atoms with Crippen LogP contribution in [0, 0.1) is 38.2 Å². The Hall–Kier alpha value is -6.79. The van der Waals surface area contributed by atoms with Gasteiger partial charge in [-0.3, -0.25) is 0 Å². The van der Waals surface area contributed by atoms with Crippen molar-refractivity contribution in [3.63, 3.8) is 0 Å². The van der Waals surface area contributed by atoms with Gasteiger partial charge in [0.2, 0.25) is 0 Å². The molecule has 0 saturated heterocycles. The third-order valence-corrected chi connectivity index (χ3v) is 13.9. The maximum absolute atomic E-state index is 4.27. The van der Waals surface area contributed by atoms with Crippen molar-refractivity contribution in [2.45, 2.75) is 24.4 Å². The smallest absolute Gasteiger partial charge is 0.0526 e. The molecule has 0 aromatic heterocycles. The van der Waals surface area contributed by atoms with Gasteiger partial charge in [0, 0.05) is 54.2 Å². The average molecular weight is 971 g/mol. The Balaban J connectivity index is 0.00000375. The molecule has 0 saturated carbocycles. The molecule has 0 unspecified atom stereocenters. The van der Waals surface area contributed by atoms with E-state index in [0.717, 1.165) is 67.5 Å². The quantitative estimate of drug-likeness (QED) is 0.140. The number of para-hydroxylation sites is 6. The SMILES string of the molecule is [Ir].[c-]1c2cc3ccccc3c1C1c3[c-]c(cc4ccccc34)C3N4[CH-]N(c5ccccc54)C2N2[CH-]N(c4ccccc42)C(c2[c-]c1c1ccccc1c2)N1[CH-]N3c2ccccc21. The zero-order valence-electron chi connectivity index (χ0n) is 33.1. The second kappa shape index (κ2) is 12.6. The van der Waals surface area contributed by atoms with Crippen LogP contribution in [0.1, 0.15) is 57.8 Å². The fraction of sp³-hybridized carbons (Fsp3) is 0.0727. The van der Waals surface area contributed by atoms with E-state index in [9.17, 15) is 0 Å². The number of rotatable bonds is 0. The molecule has 0 spiro atoms. The Kier molecular flexibility index (Phi) is 7.11. The molecule has 0 atom stereocenters. The standard InChI is InChI=1S/C55H34N6.Ir/c1-4-16-40-34(13-1)25-37-28-43(40)52-44-29-38(26-35-14-2-5-17-41(35)44)54-58-31-56(46-19-7-9-21-48(46)58)53(37)57-32-59(49-22-10-8-20-47(49)57)55(61-33-60(54)50-23-11-12-24-51(50)61)39-27-36-15-3-6-18-42(36)45(52)30-39;/h1-27,31-33,52-55H;/q-6;. The molecular weight excluding hydrogens is 937 g/mol.